The summed E-state index contributed by atoms with van der Waals surface area (Å²) in [6, 6.07) is 22.7. The number of aromatic hydroxyl groups is 1. The molecule has 38 heavy (non-hydrogen) atoms. The topological polar surface area (TPSA) is 128 Å². The molecule has 0 radical (unpaired) electrons. The molecule has 1 aliphatic rings. The lowest BCUT2D eigenvalue weighted by Gasteiger charge is -2.21. The maximum absolute atomic E-state index is 13.0. The van der Waals surface area contributed by atoms with Crippen LogP contribution in [0.5, 0.6) is 11.5 Å². The molecular formula is C28H24N4O5S. The lowest BCUT2D eigenvalue weighted by atomic mass is 9.97. The number of para-hydroxylation sites is 2. The molecule has 3 heterocycles. The Morgan fingerprint density at radius 2 is 1.76 bits per heavy atom. The molecule has 1 unspecified atom stereocenters. The van der Waals surface area contributed by atoms with Crippen molar-refractivity contribution in [2.24, 2.45) is 5.10 Å². The molecule has 0 spiro atoms. The first-order valence-electron chi connectivity index (χ1n) is 11.8. The van der Waals surface area contributed by atoms with Gasteiger partial charge in [0.2, 0.25) is 5.13 Å². The minimum atomic E-state index is -0.833. The van der Waals surface area contributed by atoms with Crippen LogP contribution in [0.1, 0.15) is 30.5 Å². The summed E-state index contributed by atoms with van der Waals surface area (Å²) >= 11 is 1.54. The normalized spacial score (nSPS) is 14.7. The summed E-state index contributed by atoms with van der Waals surface area (Å²) in [4.78, 5) is 29.7. The van der Waals surface area contributed by atoms with Crippen molar-refractivity contribution < 1.29 is 19.7 Å². The average molecular weight is 529 g/mol. The van der Waals surface area contributed by atoms with E-state index in [1.165, 1.54) is 0 Å². The van der Waals surface area contributed by atoms with Gasteiger partial charge in [0.15, 0.2) is 0 Å². The van der Waals surface area contributed by atoms with E-state index in [1.54, 1.807) is 30.6 Å². The molecule has 5 aromatic rings. The second kappa shape index (κ2) is 10.3. The molecule has 9 nitrogen and oxygen atoms in total. The fourth-order valence-electron chi connectivity index (χ4n) is 4.37. The molecule has 0 saturated carbocycles. The Kier molecular flexibility index (Phi) is 6.80. The number of carbonyl (C=O) groups is 1. The number of carboxylic acids is 1. The third kappa shape index (κ3) is 4.81. The van der Waals surface area contributed by atoms with Crippen LogP contribution in [0.3, 0.4) is 0 Å². The number of hydrogen-bond acceptors (Lipinski definition) is 8. The number of benzene rings is 3. The Morgan fingerprint density at radius 3 is 2.47 bits per heavy atom. The Labute approximate surface area is 221 Å². The summed E-state index contributed by atoms with van der Waals surface area (Å²) in [5.74, 6) is -0.129. The summed E-state index contributed by atoms with van der Waals surface area (Å²) in [6.07, 6.45) is 0.442. The Hall–Kier alpha value is -4.70. The number of fused-ring (bicyclic) bond motifs is 2. The molecule has 0 bridgehead atoms. The summed E-state index contributed by atoms with van der Waals surface area (Å²) in [7, 11) is 1.63. The molecule has 2 aromatic heterocycles. The molecule has 192 valence electrons. The first kappa shape index (κ1) is 25.0. The zero-order valence-corrected chi connectivity index (χ0v) is 21.4. The van der Waals surface area contributed by atoms with Crippen molar-refractivity contribution in [1.82, 2.24) is 9.97 Å². The van der Waals surface area contributed by atoms with Gasteiger partial charge in [-0.3, -0.25) is 9.59 Å². The maximum atomic E-state index is 13.0. The molecule has 1 aliphatic heterocycles. The number of pyridine rings is 1. The number of aliphatic carboxylic acids is 1. The minimum Gasteiger partial charge on any atom is -0.506 e. The maximum Gasteiger partial charge on any atom is 0.300 e. The SMILES string of the molecule is CC(=O)O.COc1ccc(C2CC(c3c(O)c4ccccc4[nH]c3=O)=NN2c2nc3ccccc3s2)cc1. The van der Waals surface area contributed by atoms with Crippen LogP contribution in [0.15, 0.2) is 82.7 Å². The Balaban J connectivity index is 0.000000689. The highest BCUT2D eigenvalue weighted by atomic mass is 32.1. The summed E-state index contributed by atoms with van der Waals surface area (Å²) in [6.45, 7) is 1.08. The molecule has 6 rings (SSSR count). The standard InChI is InChI=1S/C26H20N4O3S.C2H4O2/c1-33-16-12-10-15(11-13-16)21-14-20(23-24(31)17-6-2-3-7-18(17)27-25(23)32)29-30(21)26-28-19-8-4-5-9-22(19)34-26;1-2(3)4/h2-13,21H,14H2,1H3,(H2,27,31,32);1H3,(H,3,4). The first-order valence-corrected chi connectivity index (χ1v) is 12.6. The van der Waals surface area contributed by atoms with Crippen LogP contribution in [0, 0.1) is 0 Å². The van der Waals surface area contributed by atoms with E-state index in [1.807, 2.05) is 65.7 Å². The molecule has 0 amide bonds. The number of rotatable bonds is 4. The molecule has 0 saturated heterocycles. The van der Waals surface area contributed by atoms with Gasteiger partial charge in [-0.1, -0.05) is 47.7 Å². The second-order valence-corrected chi connectivity index (χ2v) is 9.60. The number of carboxylic acid groups (broad SMARTS) is 1. The van der Waals surface area contributed by atoms with Gasteiger partial charge in [-0.25, -0.2) is 9.99 Å². The Bertz CT molecular complexity index is 1690. The highest BCUT2D eigenvalue weighted by Crippen LogP contribution is 2.41. The van der Waals surface area contributed by atoms with Gasteiger partial charge in [-0.15, -0.1) is 0 Å². The molecule has 0 aliphatic carbocycles. The smallest absolute Gasteiger partial charge is 0.300 e. The number of nitrogens with one attached hydrogen (secondary N) is 1. The molecule has 10 heteroatoms. The van der Waals surface area contributed by atoms with Gasteiger partial charge in [0.25, 0.3) is 11.5 Å². The summed E-state index contributed by atoms with van der Waals surface area (Å²) < 4.78 is 6.37. The van der Waals surface area contributed by atoms with Crippen LogP contribution >= 0.6 is 11.3 Å². The number of hydrazone groups is 1. The van der Waals surface area contributed by atoms with Crippen molar-refractivity contribution in [2.45, 2.75) is 19.4 Å². The Morgan fingerprint density at radius 1 is 1.08 bits per heavy atom. The van der Waals surface area contributed by atoms with Crippen molar-refractivity contribution in [3.8, 4) is 11.5 Å². The van der Waals surface area contributed by atoms with E-state index in [-0.39, 0.29) is 22.9 Å². The van der Waals surface area contributed by atoms with Crippen molar-refractivity contribution in [3.63, 3.8) is 0 Å². The summed E-state index contributed by atoms with van der Waals surface area (Å²) in [5, 5.41) is 26.5. The molecule has 3 aromatic carbocycles. The van der Waals surface area contributed by atoms with E-state index in [2.05, 4.69) is 4.98 Å². The highest BCUT2D eigenvalue weighted by molar-refractivity contribution is 7.22. The van der Waals surface area contributed by atoms with Crippen molar-refractivity contribution in [3.05, 3.63) is 94.3 Å². The van der Waals surface area contributed by atoms with E-state index < -0.39 is 5.97 Å². The largest absolute Gasteiger partial charge is 0.506 e. The van der Waals surface area contributed by atoms with Crippen molar-refractivity contribution in [1.29, 1.82) is 0 Å². The van der Waals surface area contributed by atoms with Crippen LogP contribution in [-0.2, 0) is 4.79 Å². The quantitative estimate of drug-likeness (QED) is 0.289. The first-order chi connectivity index (χ1) is 18.4. The fourth-order valence-corrected chi connectivity index (χ4v) is 5.34. The second-order valence-electron chi connectivity index (χ2n) is 8.59. The monoisotopic (exact) mass is 528 g/mol. The predicted octanol–water partition coefficient (Wildman–Crippen LogP) is 5.30. The lowest BCUT2D eigenvalue weighted by Crippen LogP contribution is -2.19. The number of anilines is 1. The average Bonchev–Trinajstić information content (AvgIpc) is 3.53. The van der Waals surface area contributed by atoms with Crippen LogP contribution in [-0.4, -0.2) is 39.0 Å². The van der Waals surface area contributed by atoms with Crippen molar-refractivity contribution >= 4 is 49.3 Å². The number of H-pyrrole nitrogens is 1. The van der Waals surface area contributed by atoms with Gasteiger partial charge in [0.05, 0.1) is 34.6 Å². The minimum absolute atomic E-state index is 0.0577. The molecule has 0 fully saturated rings. The van der Waals surface area contributed by atoms with Crippen LogP contribution < -0.4 is 15.3 Å². The molecule has 3 N–H and O–H groups in total. The number of aromatic amines is 1. The number of aromatic nitrogens is 2. The van der Waals surface area contributed by atoms with Gasteiger partial charge < -0.3 is 19.9 Å². The van der Waals surface area contributed by atoms with Gasteiger partial charge in [0.1, 0.15) is 17.1 Å². The van der Waals surface area contributed by atoms with E-state index in [9.17, 15) is 9.90 Å². The predicted molar refractivity (Wildman–Crippen MR) is 149 cm³/mol. The zero-order valence-electron chi connectivity index (χ0n) is 20.6. The van der Waals surface area contributed by atoms with Crippen LogP contribution in [0.25, 0.3) is 21.1 Å². The third-order valence-corrected chi connectivity index (χ3v) is 7.10. The van der Waals surface area contributed by atoms with Crippen molar-refractivity contribution in [2.75, 3.05) is 12.1 Å². The number of ether oxygens (including phenoxy) is 1. The number of nitrogens with zero attached hydrogens (tertiary/aromatic N) is 3. The number of hydrogen-bond donors (Lipinski definition) is 3. The highest BCUT2D eigenvalue weighted by Gasteiger charge is 2.34. The van der Waals surface area contributed by atoms with E-state index >= 15 is 0 Å². The van der Waals surface area contributed by atoms with Gasteiger partial charge in [-0.2, -0.15) is 5.10 Å². The van der Waals surface area contributed by atoms with Gasteiger partial charge in [0, 0.05) is 18.7 Å². The van der Waals surface area contributed by atoms with E-state index in [0.29, 0.717) is 23.0 Å². The van der Waals surface area contributed by atoms with E-state index in [0.717, 1.165) is 33.6 Å². The molecule has 1 atom stereocenters. The fraction of sp³-hybridized carbons (Fsp3) is 0.143. The number of methoxy groups -OCH3 is 1. The summed E-state index contributed by atoms with van der Waals surface area (Å²) in [5.41, 5.74) is 2.84. The van der Waals surface area contributed by atoms with Gasteiger partial charge in [-0.05, 0) is 42.0 Å². The van der Waals surface area contributed by atoms with Crippen LogP contribution in [0.4, 0.5) is 5.13 Å². The van der Waals surface area contributed by atoms with Gasteiger partial charge >= 0.3 is 0 Å². The van der Waals surface area contributed by atoms with Crippen LogP contribution in [0.2, 0.25) is 0 Å². The molecular weight excluding hydrogens is 504 g/mol. The lowest BCUT2D eigenvalue weighted by molar-refractivity contribution is -0.134. The number of thiazole rings is 1. The third-order valence-electron chi connectivity index (χ3n) is 6.07. The zero-order chi connectivity index (χ0) is 26.8. The van der Waals surface area contributed by atoms with E-state index in [4.69, 9.17) is 24.7 Å².